The molecule has 0 unspecified atom stereocenters. The van der Waals surface area contributed by atoms with E-state index in [1.54, 1.807) is 11.3 Å². The van der Waals surface area contributed by atoms with Gasteiger partial charge in [0.2, 0.25) is 0 Å². The first kappa shape index (κ1) is 16.5. The summed E-state index contributed by atoms with van der Waals surface area (Å²) in [7, 11) is 2.13. The Morgan fingerprint density at radius 3 is 2.57 bits per heavy atom. The van der Waals surface area contributed by atoms with Crippen molar-refractivity contribution in [1.29, 1.82) is 0 Å². The molecular formula is C17H23BrN2S. The van der Waals surface area contributed by atoms with Crippen LogP contribution in [0.1, 0.15) is 31.2 Å². The van der Waals surface area contributed by atoms with Crippen molar-refractivity contribution >= 4 is 33.0 Å². The molecule has 0 aliphatic rings. The van der Waals surface area contributed by atoms with E-state index < -0.39 is 0 Å². The van der Waals surface area contributed by atoms with Gasteiger partial charge < -0.3 is 10.2 Å². The minimum atomic E-state index is 0.140. The zero-order valence-corrected chi connectivity index (χ0v) is 15.5. The van der Waals surface area contributed by atoms with E-state index in [0.29, 0.717) is 0 Å². The second-order valence-electron chi connectivity index (χ2n) is 6.32. The van der Waals surface area contributed by atoms with Crippen molar-refractivity contribution in [2.24, 2.45) is 0 Å². The molecule has 1 heterocycles. The molecule has 2 aromatic rings. The van der Waals surface area contributed by atoms with Crippen molar-refractivity contribution in [3.63, 3.8) is 0 Å². The molecule has 0 atom stereocenters. The average Bonchev–Trinajstić information content (AvgIpc) is 2.88. The molecule has 1 aromatic carbocycles. The lowest BCUT2D eigenvalue weighted by Gasteiger charge is -2.23. The Balaban J connectivity index is 2.04. The third kappa shape index (κ3) is 5.13. The van der Waals surface area contributed by atoms with Gasteiger partial charge in [0, 0.05) is 28.5 Å². The van der Waals surface area contributed by atoms with Gasteiger partial charge >= 0.3 is 0 Å². The number of benzene rings is 1. The number of thiophene rings is 1. The molecule has 1 N–H and O–H groups in total. The van der Waals surface area contributed by atoms with E-state index in [9.17, 15) is 0 Å². The van der Waals surface area contributed by atoms with Crippen LogP contribution in [0.15, 0.2) is 40.2 Å². The molecule has 2 rings (SSSR count). The smallest absolute Gasteiger partial charge is 0.0519 e. The summed E-state index contributed by atoms with van der Waals surface area (Å²) in [5.41, 5.74) is 2.66. The number of anilines is 1. The lowest BCUT2D eigenvalue weighted by atomic mass is 10.1. The van der Waals surface area contributed by atoms with Gasteiger partial charge in [-0.1, -0.05) is 12.1 Å². The van der Waals surface area contributed by atoms with Gasteiger partial charge in [-0.2, -0.15) is 0 Å². The highest BCUT2D eigenvalue weighted by atomic mass is 79.9. The topological polar surface area (TPSA) is 15.3 Å². The summed E-state index contributed by atoms with van der Waals surface area (Å²) >= 11 is 5.51. The SMILES string of the molecule is CN(Cc1cccs1)c1ccc(CNC(C)(C)C)cc1Br. The Morgan fingerprint density at radius 1 is 1.24 bits per heavy atom. The van der Waals surface area contributed by atoms with Crippen LogP contribution in [0.3, 0.4) is 0 Å². The largest absolute Gasteiger partial charge is 0.369 e. The van der Waals surface area contributed by atoms with Crippen LogP contribution in [0.5, 0.6) is 0 Å². The van der Waals surface area contributed by atoms with Gasteiger partial charge in [-0.3, -0.25) is 0 Å². The fraction of sp³-hybridized carbons (Fsp3) is 0.412. The molecule has 0 spiro atoms. The van der Waals surface area contributed by atoms with Crippen molar-refractivity contribution < 1.29 is 0 Å². The molecule has 21 heavy (non-hydrogen) atoms. The standard InChI is InChI=1S/C17H23BrN2S/c1-17(2,3)19-11-13-7-8-16(15(18)10-13)20(4)12-14-6-5-9-21-14/h5-10,19H,11-12H2,1-4H3. The number of rotatable bonds is 5. The van der Waals surface area contributed by atoms with Crippen LogP contribution in [-0.4, -0.2) is 12.6 Å². The molecule has 4 heteroatoms. The van der Waals surface area contributed by atoms with E-state index in [-0.39, 0.29) is 5.54 Å². The van der Waals surface area contributed by atoms with Gasteiger partial charge in [-0.05, 0) is 65.8 Å². The van der Waals surface area contributed by atoms with Crippen LogP contribution in [0, 0.1) is 0 Å². The molecule has 0 saturated heterocycles. The van der Waals surface area contributed by atoms with Crippen molar-refractivity contribution in [2.75, 3.05) is 11.9 Å². The molecule has 0 aliphatic carbocycles. The van der Waals surface area contributed by atoms with Crippen LogP contribution in [0.4, 0.5) is 5.69 Å². The predicted octanol–water partition coefficient (Wildman–Crippen LogP) is 5.04. The van der Waals surface area contributed by atoms with Crippen LogP contribution in [-0.2, 0) is 13.1 Å². The fourth-order valence-electron chi connectivity index (χ4n) is 2.06. The highest BCUT2D eigenvalue weighted by Crippen LogP contribution is 2.28. The Kier molecular flexibility index (Phi) is 5.47. The minimum Gasteiger partial charge on any atom is -0.369 e. The third-order valence-corrected chi connectivity index (χ3v) is 4.72. The van der Waals surface area contributed by atoms with Gasteiger partial charge in [0.05, 0.1) is 12.2 Å². The van der Waals surface area contributed by atoms with Gasteiger partial charge in [-0.15, -0.1) is 11.3 Å². The molecule has 0 bridgehead atoms. The Morgan fingerprint density at radius 2 is 2.00 bits per heavy atom. The minimum absolute atomic E-state index is 0.140. The molecule has 0 amide bonds. The molecular weight excluding hydrogens is 344 g/mol. The summed E-state index contributed by atoms with van der Waals surface area (Å²) in [6.45, 7) is 8.38. The van der Waals surface area contributed by atoms with Gasteiger partial charge in [-0.25, -0.2) is 0 Å². The normalized spacial score (nSPS) is 11.7. The molecule has 114 valence electrons. The summed E-state index contributed by atoms with van der Waals surface area (Å²) in [5, 5.41) is 5.64. The number of nitrogens with zero attached hydrogens (tertiary/aromatic N) is 1. The molecule has 0 fully saturated rings. The highest BCUT2D eigenvalue weighted by molar-refractivity contribution is 9.10. The monoisotopic (exact) mass is 366 g/mol. The number of hydrogen-bond acceptors (Lipinski definition) is 3. The molecule has 2 nitrogen and oxygen atoms in total. The maximum atomic E-state index is 3.71. The zero-order valence-electron chi connectivity index (χ0n) is 13.1. The second-order valence-corrected chi connectivity index (χ2v) is 8.21. The van der Waals surface area contributed by atoms with Crippen LogP contribution in [0.2, 0.25) is 0 Å². The summed E-state index contributed by atoms with van der Waals surface area (Å²) in [4.78, 5) is 3.65. The van der Waals surface area contributed by atoms with E-state index in [0.717, 1.165) is 17.6 Å². The first-order valence-electron chi connectivity index (χ1n) is 7.12. The molecule has 0 radical (unpaired) electrons. The zero-order chi connectivity index (χ0) is 15.5. The van der Waals surface area contributed by atoms with E-state index >= 15 is 0 Å². The van der Waals surface area contributed by atoms with Gasteiger partial charge in [0.25, 0.3) is 0 Å². The van der Waals surface area contributed by atoms with E-state index in [4.69, 9.17) is 0 Å². The molecule has 0 aliphatic heterocycles. The van der Waals surface area contributed by atoms with Gasteiger partial charge in [0.15, 0.2) is 0 Å². The number of hydrogen-bond donors (Lipinski definition) is 1. The Bertz CT molecular complexity index is 573. The molecule has 0 saturated carbocycles. The van der Waals surface area contributed by atoms with Crippen molar-refractivity contribution in [3.05, 3.63) is 50.6 Å². The van der Waals surface area contributed by atoms with E-state index in [1.807, 2.05) is 0 Å². The van der Waals surface area contributed by atoms with Crippen molar-refractivity contribution in [2.45, 2.75) is 39.4 Å². The fourth-order valence-corrected chi connectivity index (χ4v) is 3.54. The number of halogens is 1. The predicted molar refractivity (Wildman–Crippen MR) is 97.2 cm³/mol. The quantitative estimate of drug-likeness (QED) is 0.797. The highest BCUT2D eigenvalue weighted by Gasteiger charge is 2.11. The lowest BCUT2D eigenvalue weighted by Crippen LogP contribution is -2.35. The molecule has 1 aromatic heterocycles. The van der Waals surface area contributed by atoms with Crippen LogP contribution < -0.4 is 10.2 Å². The van der Waals surface area contributed by atoms with Gasteiger partial charge in [0.1, 0.15) is 0 Å². The first-order valence-corrected chi connectivity index (χ1v) is 8.79. The third-order valence-electron chi connectivity index (χ3n) is 3.22. The average molecular weight is 367 g/mol. The van der Waals surface area contributed by atoms with E-state index in [1.165, 1.54) is 16.1 Å². The maximum absolute atomic E-state index is 3.71. The summed E-state index contributed by atoms with van der Waals surface area (Å²) < 4.78 is 1.15. The Hall–Kier alpha value is -0.840. The maximum Gasteiger partial charge on any atom is 0.0519 e. The number of nitrogens with one attached hydrogen (secondary N) is 1. The van der Waals surface area contributed by atoms with Crippen molar-refractivity contribution in [1.82, 2.24) is 5.32 Å². The van der Waals surface area contributed by atoms with E-state index in [2.05, 4.69) is 89.7 Å². The lowest BCUT2D eigenvalue weighted by molar-refractivity contribution is 0.424. The van der Waals surface area contributed by atoms with Crippen LogP contribution in [0.25, 0.3) is 0 Å². The van der Waals surface area contributed by atoms with Crippen molar-refractivity contribution in [3.8, 4) is 0 Å². The Labute approximate surface area is 140 Å². The second kappa shape index (κ2) is 6.95. The first-order chi connectivity index (χ1) is 9.85. The summed E-state index contributed by atoms with van der Waals surface area (Å²) in [6, 6.07) is 10.9. The summed E-state index contributed by atoms with van der Waals surface area (Å²) in [6.07, 6.45) is 0. The van der Waals surface area contributed by atoms with Crippen LogP contribution >= 0.6 is 27.3 Å². The summed E-state index contributed by atoms with van der Waals surface area (Å²) in [5.74, 6) is 0.